The number of amides is 2. The molecule has 34 heavy (non-hydrogen) atoms. The molecule has 0 fully saturated rings. The van der Waals surface area contributed by atoms with Gasteiger partial charge in [0.1, 0.15) is 5.82 Å². The smallest absolute Gasteiger partial charge is 0.333 e. The quantitative estimate of drug-likeness (QED) is 0.420. The number of carbonyl (C=O) groups is 3. The first-order valence-corrected chi connectivity index (χ1v) is 11.8. The second kappa shape index (κ2) is 13.2. The van der Waals surface area contributed by atoms with Gasteiger partial charge < -0.3 is 25.8 Å². The van der Waals surface area contributed by atoms with Gasteiger partial charge in [-0.3, -0.25) is 9.59 Å². The zero-order valence-corrected chi connectivity index (χ0v) is 20.3. The lowest BCUT2D eigenvalue weighted by atomic mass is 9.87. The van der Waals surface area contributed by atoms with Crippen molar-refractivity contribution >= 4 is 17.8 Å². The third-order valence-corrected chi connectivity index (χ3v) is 5.79. The first kappa shape index (κ1) is 27.5. The molecule has 188 valence electrons. The molecule has 0 aliphatic heterocycles. The molecular formula is C25H36FN3O5. The minimum atomic E-state index is -0.904. The highest BCUT2D eigenvalue weighted by atomic mass is 19.1. The van der Waals surface area contributed by atoms with Gasteiger partial charge in [-0.15, -0.1) is 0 Å². The van der Waals surface area contributed by atoms with E-state index in [9.17, 15) is 18.8 Å². The Morgan fingerprint density at radius 1 is 1.12 bits per heavy atom. The van der Waals surface area contributed by atoms with E-state index in [0.29, 0.717) is 11.1 Å². The predicted octanol–water partition coefficient (Wildman–Crippen LogP) is 2.15. The van der Waals surface area contributed by atoms with Gasteiger partial charge >= 0.3 is 5.97 Å². The molecule has 0 spiro atoms. The van der Waals surface area contributed by atoms with Crippen LogP contribution in [0.3, 0.4) is 0 Å². The lowest BCUT2D eigenvalue weighted by Crippen LogP contribution is -2.61. The van der Waals surface area contributed by atoms with E-state index in [2.05, 4.69) is 10.6 Å². The molecule has 1 aliphatic rings. The summed E-state index contributed by atoms with van der Waals surface area (Å²) in [6.07, 6.45) is 2.82. The zero-order chi connectivity index (χ0) is 25.3. The summed E-state index contributed by atoms with van der Waals surface area (Å²) in [6, 6.07) is 3.62. The van der Waals surface area contributed by atoms with Gasteiger partial charge in [-0.25, -0.2) is 9.18 Å². The van der Waals surface area contributed by atoms with E-state index >= 15 is 0 Å². The number of halogens is 1. The number of benzene rings is 1. The largest absolute Gasteiger partial charge is 0.463 e. The van der Waals surface area contributed by atoms with Crippen molar-refractivity contribution in [3.63, 3.8) is 0 Å². The predicted molar refractivity (Wildman–Crippen MR) is 126 cm³/mol. The van der Waals surface area contributed by atoms with Crippen LogP contribution in [-0.4, -0.2) is 54.7 Å². The molecule has 1 aromatic rings. The summed E-state index contributed by atoms with van der Waals surface area (Å²) >= 11 is 0. The summed E-state index contributed by atoms with van der Waals surface area (Å²) in [5, 5.41) is 5.76. The first-order valence-electron chi connectivity index (χ1n) is 11.8. The van der Waals surface area contributed by atoms with Crippen molar-refractivity contribution in [1.29, 1.82) is 0 Å². The highest BCUT2D eigenvalue weighted by Crippen LogP contribution is 2.25. The maximum absolute atomic E-state index is 13.2. The minimum Gasteiger partial charge on any atom is -0.463 e. The molecule has 9 heteroatoms. The summed E-state index contributed by atoms with van der Waals surface area (Å²) in [6.45, 7) is 7.30. The van der Waals surface area contributed by atoms with Crippen molar-refractivity contribution in [1.82, 2.24) is 10.6 Å². The molecule has 1 aliphatic carbocycles. The summed E-state index contributed by atoms with van der Waals surface area (Å²) in [5.41, 5.74) is 7.21. The summed E-state index contributed by atoms with van der Waals surface area (Å²) in [5.74, 6) is -1.59. The van der Waals surface area contributed by atoms with Crippen molar-refractivity contribution in [2.75, 3.05) is 6.61 Å². The molecule has 0 saturated heterocycles. The van der Waals surface area contributed by atoms with Crippen molar-refractivity contribution < 1.29 is 28.2 Å². The van der Waals surface area contributed by atoms with E-state index in [0.717, 1.165) is 12.8 Å². The molecule has 0 radical (unpaired) electrons. The Morgan fingerprint density at radius 2 is 1.76 bits per heavy atom. The maximum atomic E-state index is 13.2. The maximum Gasteiger partial charge on any atom is 0.333 e. The Labute approximate surface area is 200 Å². The first-order chi connectivity index (χ1) is 16.2. The Hall–Kier alpha value is -2.78. The van der Waals surface area contributed by atoms with Crippen LogP contribution in [0.1, 0.15) is 52.5 Å². The third-order valence-electron chi connectivity index (χ3n) is 5.79. The van der Waals surface area contributed by atoms with Gasteiger partial charge in [0, 0.05) is 18.9 Å². The van der Waals surface area contributed by atoms with Gasteiger partial charge in [0.2, 0.25) is 11.8 Å². The van der Waals surface area contributed by atoms with Crippen LogP contribution in [-0.2, 0) is 30.3 Å². The van der Waals surface area contributed by atoms with Crippen molar-refractivity contribution in [3.05, 3.63) is 47.3 Å². The summed E-state index contributed by atoms with van der Waals surface area (Å²) in [4.78, 5) is 37.5. The van der Waals surface area contributed by atoms with Crippen molar-refractivity contribution in [2.24, 2.45) is 5.73 Å². The lowest BCUT2D eigenvalue weighted by Gasteiger charge is -2.39. The van der Waals surface area contributed by atoms with Gasteiger partial charge in [0.15, 0.2) is 0 Å². The number of nitrogens with one attached hydrogen (secondary N) is 2. The molecule has 0 bridgehead atoms. The number of carbonyl (C=O) groups excluding carboxylic acids is 3. The second-order valence-electron chi connectivity index (χ2n) is 8.43. The van der Waals surface area contributed by atoms with Crippen LogP contribution < -0.4 is 16.4 Å². The molecule has 0 aromatic heterocycles. The molecule has 0 heterocycles. The Balaban J connectivity index is 2.26. The van der Waals surface area contributed by atoms with E-state index in [1.807, 2.05) is 13.8 Å². The zero-order valence-electron chi connectivity index (χ0n) is 20.3. The fourth-order valence-electron chi connectivity index (χ4n) is 3.98. The molecular weight excluding hydrogens is 441 g/mol. The van der Waals surface area contributed by atoms with Crippen molar-refractivity contribution in [3.8, 4) is 0 Å². The van der Waals surface area contributed by atoms with Gasteiger partial charge in [0.25, 0.3) is 0 Å². The second-order valence-corrected chi connectivity index (χ2v) is 8.43. The van der Waals surface area contributed by atoms with Gasteiger partial charge in [-0.05, 0) is 50.0 Å². The SMILES string of the molecule is CCOC(=O)C1=C[C@@H](OC(CC)CC)[C@H](NC(C)=O)[C@@H](NC(=O)[C@H](N)Cc2ccc(F)cc2)C1. The highest BCUT2D eigenvalue weighted by molar-refractivity contribution is 5.89. The van der Waals surface area contributed by atoms with E-state index in [4.69, 9.17) is 15.2 Å². The number of hydrogen-bond acceptors (Lipinski definition) is 6. The van der Waals surface area contributed by atoms with Crippen LogP contribution in [0.2, 0.25) is 0 Å². The number of nitrogens with two attached hydrogens (primary N) is 1. The number of hydrogen-bond donors (Lipinski definition) is 3. The number of ether oxygens (including phenoxy) is 2. The molecule has 4 N–H and O–H groups in total. The van der Waals surface area contributed by atoms with Crippen LogP contribution in [0.25, 0.3) is 0 Å². The van der Waals surface area contributed by atoms with Crippen molar-refractivity contribution in [2.45, 2.75) is 83.7 Å². The van der Waals surface area contributed by atoms with Crippen LogP contribution in [0.5, 0.6) is 0 Å². The van der Waals surface area contributed by atoms with E-state index in [1.54, 1.807) is 25.1 Å². The number of esters is 1. The van der Waals surface area contributed by atoms with Crippen LogP contribution in [0.4, 0.5) is 4.39 Å². The standard InChI is InChI=1S/C25H36FN3O5/c1-5-19(6-2)34-22-14-17(25(32)33-7-3)13-21(23(22)28-15(4)30)29-24(31)20(27)12-16-8-10-18(26)11-9-16/h8-11,14,19-23H,5-7,12-13,27H2,1-4H3,(H,28,30)(H,29,31)/t20-,21+,22-,23-/m1/s1. The van der Waals surface area contributed by atoms with E-state index in [1.165, 1.54) is 19.1 Å². The van der Waals surface area contributed by atoms with Gasteiger partial charge in [-0.2, -0.15) is 0 Å². The average molecular weight is 478 g/mol. The average Bonchev–Trinajstić information content (AvgIpc) is 2.80. The van der Waals surface area contributed by atoms with Crippen LogP contribution in [0, 0.1) is 5.82 Å². The lowest BCUT2D eigenvalue weighted by molar-refractivity contribution is -0.139. The molecule has 2 amide bonds. The number of rotatable bonds is 11. The molecule has 0 saturated carbocycles. The molecule has 1 aromatic carbocycles. The minimum absolute atomic E-state index is 0.0869. The summed E-state index contributed by atoms with van der Waals surface area (Å²) < 4.78 is 24.6. The molecule has 8 nitrogen and oxygen atoms in total. The van der Waals surface area contributed by atoms with Gasteiger partial charge in [-0.1, -0.05) is 26.0 Å². The molecule has 2 rings (SSSR count). The fraction of sp³-hybridized carbons (Fsp3) is 0.560. The van der Waals surface area contributed by atoms with Crippen LogP contribution >= 0.6 is 0 Å². The van der Waals surface area contributed by atoms with Crippen LogP contribution in [0.15, 0.2) is 35.9 Å². The molecule has 4 atom stereocenters. The summed E-state index contributed by atoms with van der Waals surface area (Å²) in [7, 11) is 0. The highest BCUT2D eigenvalue weighted by Gasteiger charge is 2.39. The Morgan fingerprint density at radius 3 is 2.32 bits per heavy atom. The van der Waals surface area contributed by atoms with E-state index in [-0.39, 0.29) is 37.3 Å². The Kier molecular flexibility index (Phi) is 10.7. The monoisotopic (exact) mass is 477 g/mol. The normalized spacial score (nSPS) is 20.9. The third kappa shape index (κ3) is 7.92. The molecule has 0 unspecified atom stereocenters. The fourth-order valence-corrected chi connectivity index (χ4v) is 3.98. The Bertz CT molecular complexity index is 870. The van der Waals surface area contributed by atoms with Gasteiger partial charge in [0.05, 0.1) is 36.9 Å². The van der Waals surface area contributed by atoms with E-state index < -0.39 is 36.1 Å². The topological polar surface area (TPSA) is 120 Å².